The lowest BCUT2D eigenvalue weighted by Gasteiger charge is -2.12. The number of carboxylic acids is 3. The summed E-state index contributed by atoms with van der Waals surface area (Å²) in [6.07, 6.45) is 1.86. The molecule has 0 aromatic carbocycles. The predicted octanol–water partition coefficient (Wildman–Crippen LogP) is -2.54. The van der Waals surface area contributed by atoms with E-state index in [0.29, 0.717) is 12.5 Å². The molecule has 0 aromatic rings. The van der Waals surface area contributed by atoms with Crippen molar-refractivity contribution in [2.75, 3.05) is 52.0 Å². The normalized spacial score (nSPS) is 9.93. The van der Waals surface area contributed by atoms with Gasteiger partial charge in [-0.2, -0.15) is 11.8 Å². The molecular weight excluding hydrogens is 389 g/mol. The Morgan fingerprint density at radius 2 is 1.21 bits per heavy atom. The topological polar surface area (TPSA) is 151 Å². The van der Waals surface area contributed by atoms with E-state index in [9.17, 15) is 19.2 Å². The number of Topliss-reactive ketones (excluding diaryl/α,β-unsaturated/α-hetero) is 1. The summed E-state index contributed by atoms with van der Waals surface area (Å²) in [4.78, 5) is 43.5. The monoisotopic (exact) mass is 414 g/mol. The zero-order valence-corrected chi connectivity index (χ0v) is 17.0. The molecule has 0 fully saturated rings. The van der Waals surface area contributed by atoms with Crippen LogP contribution in [-0.4, -0.2) is 129 Å². The second-order valence-corrected chi connectivity index (χ2v) is 6.05. The molecule has 6 radical (unpaired) electrons. The summed E-state index contributed by atoms with van der Waals surface area (Å²) in [5.41, 5.74) is 0. The standard InChI is InChI=1S/C5H8BNO3.C4H9BN2O2.C4H8BNO2S/c1-4(8)2-7(6)3-5(9)10;1-6-3-7(5)2-4(8)9;1-9-3-6(5)2-4(7)8/h2-3H2,1H3,(H,9,10);6H,2-3H2,1H3,(H,8,9);2-3H2,1H3,(H,7,8). The zero-order chi connectivity index (χ0) is 22.7. The van der Waals surface area contributed by atoms with Crippen LogP contribution in [-0.2, 0) is 19.2 Å². The van der Waals surface area contributed by atoms with Gasteiger partial charge in [0.1, 0.15) is 5.78 Å². The highest BCUT2D eigenvalue weighted by atomic mass is 32.2. The minimum atomic E-state index is -1.04. The average Bonchev–Trinajstić information content (AvgIpc) is 2.45. The highest BCUT2D eigenvalue weighted by Gasteiger charge is 2.04. The number of hydrogen-bond acceptors (Lipinski definition) is 9. The smallest absolute Gasteiger partial charge is 0.316 e. The maximum atomic E-state index is 10.3. The van der Waals surface area contributed by atoms with Crippen molar-refractivity contribution in [1.29, 1.82) is 0 Å². The molecule has 0 aliphatic heterocycles. The second-order valence-electron chi connectivity index (χ2n) is 5.21. The molecule has 0 heterocycles. The molecule has 0 aromatic heterocycles. The number of nitrogens with zero attached hydrogens (tertiary/aromatic N) is 3. The minimum absolute atomic E-state index is 0.0215. The van der Waals surface area contributed by atoms with Crippen LogP contribution in [0.3, 0.4) is 0 Å². The van der Waals surface area contributed by atoms with Crippen LogP contribution in [0.2, 0.25) is 0 Å². The molecule has 0 aliphatic carbocycles. The van der Waals surface area contributed by atoms with Crippen molar-refractivity contribution in [3.63, 3.8) is 0 Å². The van der Waals surface area contributed by atoms with E-state index in [1.54, 1.807) is 7.05 Å². The summed E-state index contributed by atoms with van der Waals surface area (Å²) >= 11 is 1.49. The molecule has 0 saturated carbocycles. The van der Waals surface area contributed by atoms with Crippen molar-refractivity contribution in [3.05, 3.63) is 0 Å². The Kier molecular flexibility index (Phi) is 22.5. The summed E-state index contributed by atoms with van der Waals surface area (Å²) < 4.78 is 0. The van der Waals surface area contributed by atoms with Crippen LogP contribution in [0, 0.1) is 0 Å². The lowest BCUT2D eigenvalue weighted by Crippen LogP contribution is -2.34. The van der Waals surface area contributed by atoms with Gasteiger partial charge in [-0.15, -0.1) is 0 Å². The molecular formula is C13H25B3N4O7S. The average molecular weight is 414 g/mol. The Bertz CT molecular complexity index is 437. The summed E-state index contributed by atoms with van der Waals surface area (Å²) in [6.45, 7) is 1.17. The Morgan fingerprint density at radius 1 is 0.821 bits per heavy atom. The quantitative estimate of drug-likeness (QED) is 0.197. The van der Waals surface area contributed by atoms with Gasteiger partial charge in [0, 0.05) is 19.1 Å². The Hall–Kier alpha value is -1.54. The second kappa shape index (κ2) is 20.2. The van der Waals surface area contributed by atoms with Crippen molar-refractivity contribution >= 4 is 59.4 Å². The molecule has 0 bridgehead atoms. The third-order valence-corrected chi connectivity index (χ3v) is 2.69. The van der Waals surface area contributed by atoms with Crippen LogP contribution in [0.1, 0.15) is 6.92 Å². The molecule has 0 unspecified atom stereocenters. The van der Waals surface area contributed by atoms with Gasteiger partial charge in [0.05, 0.1) is 19.6 Å². The van der Waals surface area contributed by atoms with Crippen molar-refractivity contribution < 1.29 is 34.5 Å². The van der Waals surface area contributed by atoms with Crippen LogP contribution >= 0.6 is 11.8 Å². The summed E-state index contributed by atoms with van der Waals surface area (Å²) in [5.74, 6) is -2.46. The molecule has 15 heteroatoms. The fourth-order valence-corrected chi connectivity index (χ4v) is 1.76. The zero-order valence-electron chi connectivity index (χ0n) is 16.2. The van der Waals surface area contributed by atoms with Crippen molar-refractivity contribution in [3.8, 4) is 0 Å². The fraction of sp³-hybridized carbons (Fsp3) is 0.692. The largest absolute Gasteiger partial charge is 0.480 e. The Balaban J connectivity index is -0.000000336. The number of rotatable bonds is 12. The van der Waals surface area contributed by atoms with E-state index in [2.05, 4.69) is 5.32 Å². The first kappa shape index (κ1) is 31.2. The number of carboxylic acid groups (broad SMARTS) is 3. The number of nitrogens with one attached hydrogen (secondary N) is 1. The van der Waals surface area contributed by atoms with E-state index in [0.717, 1.165) is 4.81 Å². The summed E-state index contributed by atoms with van der Waals surface area (Å²) in [6, 6.07) is 0. The van der Waals surface area contributed by atoms with Gasteiger partial charge in [-0.05, 0) is 20.2 Å². The van der Waals surface area contributed by atoms with Crippen LogP contribution in [0.4, 0.5) is 0 Å². The Labute approximate surface area is 173 Å². The Morgan fingerprint density at radius 3 is 1.54 bits per heavy atom. The third-order valence-electron chi connectivity index (χ3n) is 2.10. The van der Waals surface area contributed by atoms with E-state index in [1.807, 2.05) is 6.26 Å². The molecule has 0 saturated heterocycles. The molecule has 28 heavy (non-hydrogen) atoms. The van der Waals surface area contributed by atoms with Gasteiger partial charge in [0.2, 0.25) is 0 Å². The number of carbonyl (C=O) groups excluding carboxylic acids is 1. The van der Waals surface area contributed by atoms with Crippen molar-refractivity contribution in [1.82, 2.24) is 19.7 Å². The van der Waals surface area contributed by atoms with Gasteiger partial charge in [-0.3, -0.25) is 19.2 Å². The van der Waals surface area contributed by atoms with Crippen molar-refractivity contribution in [2.45, 2.75) is 6.92 Å². The maximum Gasteiger partial charge on any atom is 0.316 e. The molecule has 0 aliphatic rings. The SMILES string of the molecule is [B]N(CC(C)=O)CC(=O)O.[B]N(CNC)CC(=O)O.[B]N(CSC)CC(=O)O. The van der Waals surface area contributed by atoms with Gasteiger partial charge in [0.15, 0.2) is 23.9 Å². The van der Waals surface area contributed by atoms with Crippen LogP contribution in [0.15, 0.2) is 0 Å². The minimum Gasteiger partial charge on any atom is -0.480 e. The first-order valence-corrected chi connectivity index (χ1v) is 9.02. The maximum absolute atomic E-state index is 10.3. The van der Waals surface area contributed by atoms with E-state index >= 15 is 0 Å². The fourth-order valence-electron chi connectivity index (χ4n) is 1.33. The molecule has 4 N–H and O–H groups in total. The van der Waals surface area contributed by atoms with Crippen molar-refractivity contribution in [2.24, 2.45) is 0 Å². The number of ketones is 1. The van der Waals surface area contributed by atoms with Crippen LogP contribution < -0.4 is 5.32 Å². The van der Waals surface area contributed by atoms with Gasteiger partial charge >= 0.3 is 17.9 Å². The highest BCUT2D eigenvalue weighted by molar-refractivity contribution is 7.98. The number of hydrogen-bond donors (Lipinski definition) is 4. The number of thioether (sulfide) groups is 1. The first-order valence-electron chi connectivity index (χ1n) is 7.62. The first-order chi connectivity index (χ1) is 12.8. The van der Waals surface area contributed by atoms with E-state index < -0.39 is 17.9 Å². The summed E-state index contributed by atoms with van der Waals surface area (Å²) in [5, 5.41) is 27.2. The van der Waals surface area contributed by atoms with Gasteiger partial charge < -0.3 is 35.1 Å². The van der Waals surface area contributed by atoms with Gasteiger partial charge in [0.25, 0.3) is 0 Å². The highest BCUT2D eigenvalue weighted by Crippen LogP contribution is 1.93. The van der Waals surface area contributed by atoms with Crippen LogP contribution in [0.5, 0.6) is 0 Å². The summed E-state index contributed by atoms with van der Waals surface area (Å²) in [7, 11) is 17.2. The molecule has 11 nitrogen and oxygen atoms in total. The predicted molar refractivity (Wildman–Crippen MR) is 108 cm³/mol. The van der Waals surface area contributed by atoms with Gasteiger partial charge in [-0.1, -0.05) is 0 Å². The lowest BCUT2D eigenvalue weighted by molar-refractivity contribution is -0.138. The van der Waals surface area contributed by atoms with E-state index in [1.165, 1.54) is 28.3 Å². The molecule has 0 atom stereocenters. The number of carbonyl (C=O) groups is 4. The van der Waals surface area contributed by atoms with E-state index in [-0.39, 0.29) is 32.0 Å². The molecule has 0 rings (SSSR count). The van der Waals surface area contributed by atoms with Gasteiger partial charge in [-0.25, -0.2) is 0 Å². The molecule has 154 valence electrons. The molecule has 0 amide bonds. The van der Waals surface area contributed by atoms with Crippen LogP contribution in [0.25, 0.3) is 0 Å². The number of aliphatic carboxylic acids is 3. The lowest BCUT2D eigenvalue weighted by atomic mass is 10.2. The third kappa shape index (κ3) is 32.2. The van der Waals surface area contributed by atoms with E-state index in [4.69, 9.17) is 39.3 Å². The molecule has 0 spiro atoms.